The second-order valence-electron chi connectivity index (χ2n) is 8.44. The van der Waals surface area contributed by atoms with Gasteiger partial charge in [0.25, 0.3) is 0 Å². The van der Waals surface area contributed by atoms with Gasteiger partial charge < -0.3 is 20.1 Å². The first-order chi connectivity index (χ1) is 18.4. The summed E-state index contributed by atoms with van der Waals surface area (Å²) in [6, 6.07) is 22.4. The Morgan fingerprint density at radius 1 is 0.895 bits per heavy atom. The summed E-state index contributed by atoms with van der Waals surface area (Å²) < 4.78 is 12.2. The van der Waals surface area contributed by atoms with E-state index in [0.29, 0.717) is 22.4 Å². The van der Waals surface area contributed by atoms with Crippen LogP contribution in [-0.4, -0.2) is 46.6 Å². The average Bonchev–Trinajstić information content (AvgIpc) is 3.34. The Labute approximate surface area is 225 Å². The summed E-state index contributed by atoms with van der Waals surface area (Å²) in [6.07, 6.45) is 0.232. The van der Waals surface area contributed by atoms with Gasteiger partial charge in [0.1, 0.15) is 11.5 Å². The second-order valence-corrected chi connectivity index (χ2v) is 9.38. The summed E-state index contributed by atoms with van der Waals surface area (Å²) in [5.41, 5.74) is 3.48. The van der Waals surface area contributed by atoms with Gasteiger partial charge in [-0.3, -0.25) is 14.2 Å². The van der Waals surface area contributed by atoms with Crippen LogP contribution in [-0.2, 0) is 22.6 Å². The lowest BCUT2D eigenvalue weighted by molar-refractivity contribution is -0.120. The van der Waals surface area contributed by atoms with Crippen molar-refractivity contribution in [1.29, 1.82) is 0 Å². The van der Waals surface area contributed by atoms with E-state index in [9.17, 15) is 9.59 Å². The molecular weight excluding hydrogens is 502 g/mol. The predicted octanol–water partition coefficient (Wildman–Crippen LogP) is 4.18. The van der Waals surface area contributed by atoms with E-state index in [1.54, 1.807) is 38.5 Å². The van der Waals surface area contributed by atoms with Gasteiger partial charge in [-0.05, 0) is 66.6 Å². The zero-order chi connectivity index (χ0) is 26.9. The van der Waals surface area contributed by atoms with E-state index in [1.165, 1.54) is 11.8 Å². The summed E-state index contributed by atoms with van der Waals surface area (Å²) in [5.74, 6) is 1.85. The van der Waals surface area contributed by atoms with Crippen LogP contribution in [0.25, 0.3) is 5.69 Å². The molecule has 1 aromatic heterocycles. The van der Waals surface area contributed by atoms with E-state index in [4.69, 9.17) is 9.47 Å². The molecule has 10 heteroatoms. The number of benzene rings is 3. The number of thioether (sulfide) groups is 1. The van der Waals surface area contributed by atoms with Crippen LogP contribution in [0.1, 0.15) is 17.0 Å². The van der Waals surface area contributed by atoms with Crippen LogP contribution >= 0.6 is 11.8 Å². The Morgan fingerprint density at radius 2 is 1.58 bits per heavy atom. The van der Waals surface area contributed by atoms with Gasteiger partial charge in [0.2, 0.25) is 11.8 Å². The number of aromatic nitrogens is 3. The summed E-state index contributed by atoms with van der Waals surface area (Å²) in [4.78, 5) is 25.2. The Kier molecular flexibility index (Phi) is 8.99. The summed E-state index contributed by atoms with van der Waals surface area (Å²) >= 11 is 1.27. The molecule has 0 spiro atoms. The molecule has 0 fully saturated rings. The third-order valence-electron chi connectivity index (χ3n) is 5.63. The number of carbonyl (C=O) groups is 2. The molecular formula is C28H29N5O4S. The molecule has 9 nitrogen and oxygen atoms in total. The van der Waals surface area contributed by atoms with E-state index >= 15 is 0 Å². The maximum absolute atomic E-state index is 12.6. The van der Waals surface area contributed by atoms with Crippen molar-refractivity contribution in [2.24, 2.45) is 0 Å². The van der Waals surface area contributed by atoms with Crippen molar-refractivity contribution in [3.05, 3.63) is 89.7 Å². The minimum Gasteiger partial charge on any atom is -0.497 e. The molecule has 3 aromatic carbocycles. The highest BCUT2D eigenvalue weighted by Crippen LogP contribution is 2.23. The Morgan fingerprint density at radius 3 is 2.24 bits per heavy atom. The molecule has 2 amide bonds. The van der Waals surface area contributed by atoms with E-state index in [1.807, 2.05) is 60.0 Å². The average molecular weight is 532 g/mol. The third-order valence-corrected chi connectivity index (χ3v) is 6.56. The van der Waals surface area contributed by atoms with Crippen molar-refractivity contribution >= 4 is 29.3 Å². The molecule has 0 saturated heterocycles. The van der Waals surface area contributed by atoms with Gasteiger partial charge in [-0.2, -0.15) is 0 Å². The van der Waals surface area contributed by atoms with Crippen LogP contribution in [0.5, 0.6) is 11.5 Å². The number of ether oxygens (including phenoxy) is 2. The minimum atomic E-state index is -0.173. The molecule has 0 bridgehead atoms. The number of amides is 2. The quantitative estimate of drug-likeness (QED) is 0.280. The Hall–Kier alpha value is -4.31. The molecule has 4 aromatic rings. The maximum Gasteiger partial charge on any atom is 0.234 e. The monoisotopic (exact) mass is 531 g/mol. The summed E-state index contributed by atoms with van der Waals surface area (Å²) in [6.45, 7) is 2.19. The molecule has 2 N–H and O–H groups in total. The number of carbonyl (C=O) groups excluding carboxylic acids is 2. The maximum atomic E-state index is 12.6. The second kappa shape index (κ2) is 12.8. The van der Waals surface area contributed by atoms with E-state index in [-0.39, 0.29) is 30.5 Å². The van der Waals surface area contributed by atoms with Crippen LogP contribution in [0, 0.1) is 6.92 Å². The van der Waals surface area contributed by atoms with Gasteiger partial charge in [-0.1, -0.05) is 36.0 Å². The van der Waals surface area contributed by atoms with Crippen LogP contribution in [0.4, 0.5) is 5.69 Å². The SMILES string of the molecule is COc1ccc(CC(=O)NCc2nnc(SCC(=O)Nc3ccc(OC)cc3)n2-c2cccc(C)c2)cc1. The number of hydrogen-bond acceptors (Lipinski definition) is 7. The van der Waals surface area contributed by atoms with Crippen LogP contribution in [0.2, 0.25) is 0 Å². The molecule has 4 rings (SSSR count). The van der Waals surface area contributed by atoms with Crippen molar-refractivity contribution in [3.8, 4) is 17.2 Å². The zero-order valence-corrected chi connectivity index (χ0v) is 22.2. The Bertz CT molecular complexity index is 1300. The highest BCUT2D eigenvalue weighted by molar-refractivity contribution is 7.99. The van der Waals surface area contributed by atoms with Crippen molar-refractivity contribution in [1.82, 2.24) is 20.1 Å². The number of anilines is 1. The van der Waals surface area contributed by atoms with Crippen molar-refractivity contribution in [2.75, 3.05) is 25.3 Å². The number of hydrogen-bond donors (Lipinski definition) is 2. The molecule has 196 valence electrons. The smallest absolute Gasteiger partial charge is 0.234 e. The number of methoxy groups -OCH3 is 2. The third kappa shape index (κ3) is 7.13. The molecule has 1 heterocycles. The molecule has 0 atom stereocenters. The number of rotatable bonds is 11. The lowest BCUT2D eigenvalue weighted by Crippen LogP contribution is -2.26. The predicted molar refractivity (Wildman–Crippen MR) is 147 cm³/mol. The fourth-order valence-electron chi connectivity index (χ4n) is 3.71. The molecule has 0 aliphatic carbocycles. The van der Waals surface area contributed by atoms with E-state index < -0.39 is 0 Å². The van der Waals surface area contributed by atoms with Crippen molar-refractivity contribution < 1.29 is 19.1 Å². The summed E-state index contributed by atoms with van der Waals surface area (Å²) in [5, 5.41) is 15.0. The van der Waals surface area contributed by atoms with Gasteiger partial charge in [0, 0.05) is 11.4 Å². The standard InChI is InChI=1S/C28H29N5O4S/c1-19-5-4-6-22(15-19)33-25(17-29-26(34)16-20-7-11-23(36-2)12-8-20)31-32-28(33)38-18-27(35)30-21-9-13-24(37-3)14-10-21/h4-15H,16-18H2,1-3H3,(H,29,34)(H,30,35). The number of nitrogens with one attached hydrogen (secondary N) is 2. The minimum absolute atomic E-state index is 0.137. The van der Waals surface area contributed by atoms with Crippen molar-refractivity contribution in [2.45, 2.75) is 25.0 Å². The highest BCUT2D eigenvalue weighted by Gasteiger charge is 2.17. The number of aryl methyl sites for hydroxylation is 1. The lowest BCUT2D eigenvalue weighted by Gasteiger charge is -2.12. The first-order valence-corrected chi connectivity index (χ1v) is 12.9. The Balaban J connectivity index is 1.43. The van der Waals surface area contributed by atoms with Crippen LogP contribution in [0.3, 0.4) is 0 Å². The van der Waals surface area contributed by atoms with Gasteiger partial charge >= 0.3 is 0 Å². The fraction of sp³-hybridized carbons (Fsp3) is 0.214. The molecule has 0 radical (unpaired) electrons. The van der Waals surface area contributed by atoms with Crippen LogP contribution < -0.4 is 20.1 Å². The first-order valence-electron chi connectivity index (χ1n) is 11.9. The molecule has 0 aliphatic rings. The van der Waals surface area contributed by atoms with Gasteiger partial charge in [-0.15, -0.1) is 10.2 Å². The van der Waals surface area contributed by atoms with Crippen LogP contribution in [0.15, 0.2) is 78.0 Å². The van der Waals surface area contributed by atoms with Gasteiger partial charge in [0.05, 0.1) is 32.9 Å². The molecule has 38 heavy (non-hydrogen) atoms. The highest BCUT2D eigenvalue weighted by atomic mass is 32.2. The first kappa shape index (κ1) is 26.7. The van der Waals surface area contributed by atoms with Gasteiger partial charge in [0.15, 0.2) is 11.0 Å². The fourth-order valence-corrected chi connectivity index (χ4v) is 4.48. The zero-order valence-electron chi connectivity index (χ0n) is 21.4. The lowest BCUT2D eigenvalue weighted by atomic mass is 10.1. The molecule has 0 aliphatic heterocycles. The van der Waals surface area contributed by atoms with E-state index in [2.05, 4.69) is 20.8 Å². The molecule has 0 saturated carbocycles. The molecule has 0 unspecified atom stereocenters. The van der Waals surface area contributed by atoms with Gasteiger partial charge in [-0.25, -0.2) is 0 Å². The summed E-state index contributed by atoms with van der Waals surface area (Å²) in [7, 11) is 3.20. The van der Waals surface area contributed by atoms with Crippen molar-refractivity contribution in [3.63, 3.8) is 0 Å². The largest absolute Gasteiger partial charge is 0.497 e. The topological polar surface area (TPSA) is 107 Å². The number of nitrogens with zero attached hydrogens (tertiary/aromatic N) is 3. The van der Waals surface area contributed by atoms with E-state index in [0.717, 1.165) is 22.6 Å². The normalized spacial score (nSPS) is 10.6.